The van der Waals surface area contributed by atoms with E-state index in [-0.39, 0.29) is 25.0 Å². The number of carbonyl (C=O) groups excluding carboxylic acids is 2. The predicted octanol–water partition coefficient (Wildman–Crippen LogP) is 0.420. The number of hydrogen-bond donors (Lipinski definition) is 4. The smallest absolute Gasteiger partial charge is 0.251 e. The van der Waals surface area contributed by atoms with Crippen molar-refractivity contribution >= 4 is 17.5 Å². The van der Waals surface area contributed by atoms with E-state index in [1.807, 2.05) is 0 Å². The number of anilines is 1. The van der Waals surface area contributed by atoms with Crippen LogP contribution < -0.4 is 16.4 Å². The number of aliphatic hydroxyl groups excluding tert-OH is 1. The van der Waals surface area contributed by atoms with E-state index in [9.17, 15) is 14.7 Å². The fraction of sp³-hybridized carbons (Fsp3) is 0.467. The molecule has 6 heteroatoms. The number of nitrogens with one attached hydrogen (secondary N) is 2. The molecular weight excluding hydrogens is 270 g/mol. The van der Waals surface area contributed by atoms with Crippen LogP contribution in [-0.4, -0.2) is 35.6 Å². The van der Waals surface area contributed by atoms with Gasteiger partial charge in [0.05, 0.1) is 18.7 Å². The molecule has 0 bridgehead atoms. The van der Waals surface area contributed by atoms with Crippen LogP contribution in [0.15, 0.2) is 24.3 Å². The first-order valence-electron chi connectivity index (χ1n) is 7.10. The number of benzene rings is 1. The average Bonchev–Trinajstić information content (AvgIpc) is 2.94. The summed E-state index contributed by atoms with van der Waals surface area (Å²) in [4.78, 5) is 23.8. The molecular formula is C15H21N3O3. The lowest BCUT2D eigenvalue weighted by atomic mass is 9.99. The van der Waals surface area contributed by atoms with E-state index in [0.717, 1.165) is 25.7 Å². The number of hydrogen-bond acceptors (Lipinski definition) is 4. The molecule has 0 heterocycles. The van der Waals surface area contributed by atoms with Crippen molar-refractivity contribution in [1.29, 1.82) is 0 Å². The van der Waals surface area contributed by atoms with Gasteiger partial charge in [0.15, 0.2) is 0 Å². The molecule has 2 amide bonds. The Hall–Kier alpha value is -2.08. The molecule has 1 aliphatic rings. The Labute approximate surface area is 123 Å². The summed E-state index contributed by atoms with van der Waals surface area (Å²) < 4.78 is 0. The summed E-state index contributed by atoms with van der Waals surface area (Å²) in [6, 6.07) is 6.48. The van der Waals surface area contributed by atoms with Crippen molar-refractivity contribution in [3.05, 3.63) is 29.8 Å². The minimum absolute atomic E-state index is 0.0648. The van der Waals surface area contributed by atoms with Crippen LogP contribution in [0.2, 0.25) is 0 Å². The lowest BCUT2D eigenvalue weighted by Crippen LogP contribution is -2.52. The maximum atomic E-state index is 11.9. The molecule has 114 valence electrons. The molecule has 0 aliphatic heterocycles. The van der Waals surface area contributed by atoms with Crippen LogP contribution in [0.25, 0.3) is 0 Å². The lowest BCUT2D eigenvalue weighted by Gasteiger charge is -2.28. The van der Waals surface area contributed by atoms with Crippen molar-refractivity contribution in [2.24, 2.45) is 0 Å². The van der Waals surface area contributed by atoms with Crippen LogP contribution >= 0.6 is 0 Å². The van der Waals surface area contributed by atoms with Gasteiger partial charge in [0.2, 0.25) is 5.91 Å². The Bertz CT molecular complexity index is 507. The van der Waals surface area contributed by atoms with Gasteiger partial charge in [-0.2, -0.15) is 0 Å². The van der Waals surface area contributed by atoms with Crippen molar-refractivity contribution in [3.8, 4) is 0 Å². The first kappa shape index (κ1) is 15.3. The SMILES string of the molecule is Nc1ccc(C(=O)NCC(=O)NC2(CO)CCCC2)cc1. The topological polar surface area (TPSA) is 104 Å². The Morgan fingerprint density at radius 3 is 2.38 bits per heavy atom. The minimum Gasteiger partial charge on any atom is -0.399 e. The van der Waals surface area contributed by atoms with Crippen LogP contribution in [0.4, 0.5) is 5.69 Å². The average molecular weight is 291 g/mol. The van der Waals surface area contributed by atoms with Gasteiger partial charge >= 0.3 is 0 Å². The van der Waals surface area contributed by atoms with Gasteiger partial charge in [-0.15, -0.1) is 0 Å². The molecule has 1 aromatic rings. The fourth-order valence-electron chi connectivity index (χ4n) is 2.61. The Morgan fingerprint density at radius 1 is 1.19 bits per heavy atom. The lowest BCUT2D eigenvalue weighted by molar-refractivity contribution is -0.122. The first-order chi connectivity index (χ1) is 10.0. The summed E-state index contributed by atoms with van der Waals surface area (Å²) in [5, 5.41) is 14.8. The minimum atomic E-state index is -0.511. The van der Waals surface area contributed by atoms with Crippen molar-refractivity contribution in [2.75, 3.05) is 18.9 Å². The summed E-state index contributed by atoms with van der Waals surface area (Å²) in [6.07, 6.45) is 3.56. The molecule has 1 aliphatic carbocycles. The molecule has 0 spiro atoms. The predicted molar refractivity (Wildman–Crippen MR) is 79.6 cm³/mol. The molecule has 1 fully saturated rings. The zero-order valence-corrected chi connectivity index (χ0v) is 11.9. The highest BCUT2D eigenvalue weighted by molar-refractivity contribution is 5.96. The van der Waals surface area contributed by atoms with Gasteiger partial charge in [-0.3, -0.25) is 9.59 Å². The maximum Gasteiger partial charge on any atom is 0.251 e. The first-order valence-corrected chi connectivity index (χ1v) is 7.10. The van der Waals surface area contributed by atoms with E-state index in [2.05, 4.69) is 10.6 Å². The largest absolute Gasteiger partial charge is 0.399 e. The highest BCUT2D eigenvalue weighted by Gasteiger charge is 2.34. The van der Waals surface area contributed by atoms with Crippen LogP contribution in [-0.2, 0) is 4.79 Å². The summed E-state index contributed by atoms with van der Waals surface area (Å²) in [6.45, 7) is -0.171. The van der Waals surface area contributed by atoms with Gasteiger partial charge in [-0.1, -0.05) is 12.8 Å². The number of nitrogen functional groups attached to an aromatic ring is 1. The number of aliphatic hydroxyl groups is 1. The van der Waals surface area contributed by atoms with Crippen LogP contribution in [0, 0.1) is 0 Å². The van der Waals surface area contributed by atoms with Crippen LogP contribution in [0.3, 0.4) is 0 Å². The molecule has 0 saturated heterocycles. The Kier molecular flexibility index (Phi) is 4.80. The maximum absolute atomic E-state index is 11.9. The summed E-state index contributed by atoms with van der Waals surface area (Å²) in [5.74, 6) is -0.607. The van der Waals surface area contributed by atoms with Crippen molar-refractivity contribution in [1.82, 2.24) is 10.6 Å². The molecule has 0 aromatic heterocycles. The van der Waals surface area contributed by atoms with E-state index in [1.165, 1.54) is 0 Å². The second kappa shape index (κ2) is 6.58. The quantitative estimate of drug-likeness (QED) is 0.590. The molecule has 6 nitrogen and oxygen atoms in total. The Balaban J connectivity index is 1.83. The van der Waals surface area contributed by atoms with Crippen LogP contribution in [0.1, 0.15) is 36.0 Å². The van der Waals surface area contributed by atoms with E-state index in [0.29, 0.717) is 11.3 Å². The molecule has 5 N–H and O–H groups in total. The third-order valence-corrected chi connectivity index (χ3v) is 3.85. The summed E-state index contributed by atoms with van der Waals surface area (Å²) in [5.41, 5.74) is 6.07. The highest BCUT2D eigenvalue weighted by Crippen LogP contribution is 2.28. The number of nitrogens with two attached hydrogens (primary N) is 1. The van der Waals surface area contributed by atoms with Gasteiger partial charge in [0.1, 0.15) is 0 Å². The van der Waals surface area contributed by atoms with E-state index in [4.69, 9.17) is 5.73 Å². The molecule has 1 aromatic carbocycles. The van der Waals surface area contributed by atoms with Gasteiger partial charge in [0, 0.05) is 11.3 Å². The zero-order valence-electron chi connectivity index (χ0n) is 11.9. The molecule has 0 atom stereocenters. The highest BCUT2D eigenvalue weighted by atomic mass is 16.3. The van der Waals surface area contributed by atoms with Gasteiger partial charge in [0.25, 0.3) is 5.91 Å². The van der Waals surface area contributed by atoms with Gasteiger partial charge in [-0.05, 0) is 37.1 Å². The normalized spacial score (nSPS) is 16.4. The third-order valence-electron chi connectivity index (χ3n) is 3.85. The second-order valence-electron chi connectivity index (χ2n) is 5.50. The molecule has 2 rings (SSSR count). The number of carbonyl (C=O) groups is 2. The standard InChI is InChI=1S/C15H21N3O3/c16-12-5-3-11(4-6-12)14(21)17-9-13(20)18-15(10-19)7-1-2-8-15/h3-6,19H,1-2,7-10,16H2,(H,17,21)(H,18,20). The molecule has 0 unspecified atom stereocenters. The van der Waals surface area contributed by atoms with Gasteiger partial charge < -0.3 is 21.5 Å². The summed E-state index contributed by atoms with van der Waals surface area (Å²) >= 11 is 0. The summed E-state index contributed by atoms with van der Waals surface area (Å²) in [7, 11) is 0. The number of rotatable bonds is 5. The second-order valence-corrected chi connectivity index (χ2v) is 5.50. The van der Waals surface area contributed by atoms with E-state index < -0.39 is 5.54 Å². The monoisotopic (exact) mass is 291 g/mol. The number of amides is 2. The zero-order chi connectivity index (χ0) is 15.3. The fourth-order valence-corrected chi connectivity index (χ4v) is 2.61. The van der Waals surface area contributed by atoms with E-state index >= 15 is 0 Å². The van der Waals surface area contributed by atoms with Gasteiger partial charge in [-0.25, -0.2) is 0 Å². The Morgan fingerprint density at radius 2 is 1.81 bits per heavy atom. The third kappa shape index (κ3) is 3.95. The van der Waals surface area contributed by atoms with Crippen LogP contribution in [0.5, 0.6) is 0 Å². The van der Waals surface area contributed by atoms with Crippen molar-refractivity contribution in [3.63, 3.8) is 0 Å². The van der Waals surface area contributed by atoms with E-state index in [1.54, 1.807) is 24.3 Å². The molecule has 0 radical (unpaired) electrons. The molecule has 1 saturated carbocycles. The van der Waals surface area contributed by atoms with Crippen molar-refractivity contribution < 1.29 is 14.7 Å². The molecule has 21 heavy (non-hydrogen) atoms. The van der Waals surface area contributed by atoms with Crippen molar-refractivity contribution in [2.45, 2.75) is 31.2 Å².